The summed E-state index contributed by atoms with van der Waals surface area (Å²) in [5.74, 6) is 2.10. The van der Waals surface area contributed by atoms with E-state index in [0.717, 1.165) is 43.8 Å². The van der Waals surface area contributed by atoms with Crippen molar-refractivity contribution in [2.45, 2.75) is 38.5 Å². The Morgan fingerprint density at radius 2 is 2.00 bits per heavy atom. The van der Waals surface area contributed by atoms with Crippen molar-refractivity contribution in [3.8, 4) is 5.75 Å². The molecule has 4 rings (SSSR count). The second kappa shape index (κ2) is 9.40. The Balaban J connectivity index is 1.45. The van der Waals surface area contributed by atoms with Crippen molar-refractivity contribution in [3.63, 3.8) is 0 Å². The van der Waals surface area contributed by atoms with Crippen molar-refractivity contribution in [2.75, 3.05) is 40.9 Å². The van der Waals surface area contributed by atoms with Gasteiger partial charge >= 0.3 is 0 Å². The summed E-state index contributed by atoms with van der Waals surface area (Å²) in [4.78, 5) is 16.3. The number of methoxy groups -OCH3 is 1. The highest BCUT2D eigenvalue weighted by Gasteiger charge is 2.43. The van der Waals surface area contributed by atoms with Crippen LogP contribution in [0.5, 0.6) is 5.75 Å². The number of carbonyl (C=O) groups excluding carboxylic acids is 1. The summed E-state index contributed by atoms with van der Waals surface area (Å²) in [5, 5.41) is 4.59. The smallest absolute Gasteiger partial charge is 0.248 e. The van der Waals surface area contributed by atoms with Crippen molar-refractivity contribution in [3.05, 3.63) is 47.8 Å². The minimum Gasteiger partial charge on any atom is -0.497 e. The number of hydrogen-bond acceptors (Lipinski definition) is 5. The Kier molecular flexibility index (Phi) is 6.62. The third-order valence-corrected chi connectivity index (χ3v) is 6.69. The van der Waals surface area contributed by atoms with E-state index in [-0.39, 0.29) is 24.7 Å². The molecule has 0 radical (unpaired) electrons. The Morgan fingerprint density at radius 3 is 2.68 bits per heavy atom. The zero-order valence-electron chi connectivity index (χ0n) is 19.0. The van der Waals surface area contributed by atoms with E-state index < -0.39 is 0 Å². The number of benzene rings is 1. The maximum Gasteiger partial charge on any atom is 0.248 e. The Hall–Kier alpha value is -2.38. The standard InChI is InChI=1S/C24H34N4O3/c1-17-11-25-28(12-17)22-9-19-14-27(13-18-6-5-7-21(8-18)30-4)15-20(19)10-23(22)31-16-24(29)26(2)3/h5-8,11-12,19-20,22-23H,9-10,13-16H2,1-4H3/t19-,20+,22-,23-/m0/s1. The number of hydrogen-bond donors (Lipinski definition) is 0. The molecule has 7 heteroatoms. The van der Waals surface area contributed by atoms with Crippen LogP contribution in [0.3, 0.4) is 0 Å². The lowest BCUT2D eigenvalue weighted by Crippen LogP contribution is -2.40. The first-order chi connectivity index (χ1) is 14.9. The molecule has 0 unspecified atom stereocenters. The van der Waals surface area contributed by atoms with Crippen molar-refractivity contribution in [1.29, 1.82) is 0 Å². The molecule has 0 N–H and O–H groups in total. The molecule has 2 heterocycles. The monoisotopic (exact) mass is 426 g/mol. The highest BCUT2D eigenvalue weighted by Crippen LogP contribution is 2.42. The van der Waals surface area contributed by atoms with Gasteiger partial charge in [-0.15, -0.1) is 0 Å². The Labute approximate surface area is 184 Å². The number of ether oxygens (including phenoxy) is 2. The summed E-state index contributed by atoms with van der Waals surface area (Å²) in [6.45, 7) is 5.27. The highest BCUT2D eigenvalue weighted by atomic mass is 16.5. The first-order valence-electron chi connectivity index (χ1n) is 11.1. The highest BCUT2D eigenvalue weighted by molar-refractivity contribution is 5.76. The van der Waals surface area contributed by atoms with Gasteiger partial charge < -0.3 is 14.4 Å². The molecule has 4 atom stereocenters. The summed E-state index contributed by atoms with van der Waals surface area (Å²) in [5.41, 5.74) is 2.43. The Bertz CT molecular complexity index is 896. The zero-order valence-corrected chi connectivity index (χ0v) is 19.0. The lowest BCUT2D eigenvalue weighted by molar-refractivity contribution is -0.138. The van der Waals surface area contributed by atoms with E-state index in [9.17, 15) is 4.79 Å². The number of rotatable bonds is 7. The van der Waals surface area contributed by atoms with Gasteiger partial charge in [0, 0.05) is 39.9 Å². The predicted molar refractivity (Wildman–Crippen MR) is 119 cm³/mol. The molecule has 1 saturated carbocycles. The van der Waals surface area contributed by atoms with Crippen LogP contribution in [0.25, 0.3) is 0 Å². The van der Waals surface area contributed by atoms with E-state index in [1.807, 2.05) is 12.3 Å². The third kappa shape index (κ3) is 5.10. The molecule has 168 valence electrons. The number of aryl methyl sites for hydroxylation is 1. The molecule has 7 nitrogen and oxygen atoms in total. The first-order valence-corrected chi connectivity index (χ1v) is 11.1. The molecule has 2 aliphatic rings. The summed E-state index contributed by atoms with van der Waals surface area (Å²) < 4.78 is 13.6. The number of aromatic nitrogens is 2. The van der Waals surface area contributed by atoms with Gasteiger partial charge in [0.1, 0.15) is 12.4 Å². The number of likely N-dealkylation sites (N-methyl/N-ethyl adjacent to an activating group) is 1. The fourth-order valence-electron chi connectivity index (χ4n) is 5.02. The molecule has 1 aliphatic carbocycles. The van der Waals surface area contributed by atoms with E-state index in [4.69, 9.17) is 9.47 Å². The predicted octanol–water partition coefficient (Wildman–Crippen LogP) is 2.76. The van der Waals surface area contributed by atoms with Crippen LogP contribution < -0.4 is 4.74 Å². The van der Waals surface area contributed by atoms with Gasteiger partial charge in [0.15, 0.2) is 0 Å². The van der Waals surface area contributed by atoms with Crippen LogP contribution in [0, 0.1) is 18.8 Å². The van der Waals surface area contributed by atoms with Gasteiger partial charge in [0.05, 0.1) is 25.5 Å². The van der Waals surface area contributed by atoms with Gasteiger partial charge in [-0.3, -0.25) is 14.4 Å². The maximum atomic E-state index is 12.1. The SMILES string of the molecule is COc1cccc(CN2C[C@H]3C[C@H](OCC(=O)N(C)C)[C@@H](n4cc(C)cn4)C[C@H]3C2)c1. The average Bonchev–Trinajstić information content (AvgIpc) is 3.36. The van der Waals surface area contributed by atoms with Gasteiger partial charge in [-0.1, -0.05) is 12.1 Å². The van der Waals surface area contributed by atoms with Gasteiger partial charge in [-0.2, -0.15) is 5.10 Å². The summed E-state index contributed by atoms with van der Waals surface area (Å²) >= 11 is 0. The molecule has 1 aliphatic heterocycles. The van der Waals surface area contributed by atoms with Crippen LogP contribution in [0.2, 0.25) is 0 Å². The molecule has 0 bridgehead atoms. The molecule has 31 heavy (non-hydrogen) atoms. The lowest BCUT2D eigenvalue weighted by atomic mass is 9.77. The van der Waals surface area contributed by atoms with Crippen molar-refractivity contribution in [2.24, 2.45) is 11.8 Å². The maximum absolute atomic E-state index is 12.1. The molecule has 0 spiro atoms. The van der Waals surface area contributed by atoms with Crippen molar-refractivity contribution >= 4 is 5.91 Å². The summed E-state index contributed by atoms with van der Waals surface area (Å²) in [6.07, 6.45) is 5.99. The second-order valence-corrected chi connectivity index (χ2v) is 9.24. The molecule has 1 amide bonds. The molecule has 1 aromatic heterocycles. The minimum atomic E-state index is 0.00113. The van der Waals surface area contributed by atoms with Crippen LogP contribution in [0.15, 0.2) is 36.7 Å². The van der Waals surface area contributed by atoms with Gasteiger partial charge in [-0.25, -0.2) is 0 Å². The van der Waals surface area contributed by atoms with Crippen LogP contribution in [-0.4, -0.2) is 72.5 Å². The van der Waals surface area contributed by atoms with E-state index in [1.165, 1.54) is 5.56 Å². The number of amides is 1. The molecule has 2 aromatic rings. The fraction of sp³-hybridized carbons (Fsp3) is 0.583. The van der Waals surface area contributed by atoms with E-state index in [1.54, 1.807) is 26.1 Å². The quantitative estimate of drug-likeness (QED) is 0.681. The van der Waals surface area contributed by atoms with Crippen LogP contribution >= 0.6 is 0 Å². The third-order valence-electron chi connectivity index (χ3n) is 6.69. The minimum absolute atomic E-state index is 0.00113. The fourth-order valence-corrected chi connectivity index (χ4v) is 5.02. The molecular weight excluding hydrogens is 392 g/mol. The molecule has 1 saturated heterocycles. The van der Waals surface area contributed by atoms with E-state index >= 15 is 0 Å². The van der Waals surface area contributed by atoms with Crippen molar-refractivity contribution in [1.82, 2.24) is 19.6 Å². The largest absolute Gasteiger partial charge is 0.497 e. The molecule has 2 fully saturated rings. The summed E-state index contributed by atoms with van der Waals surface area (Å²) in [6, 6.07) is 8.50. The second-order valence-electron chi connectivity index (χ2n) is 9.24. The first kappa shape index (κ1) is 21.8. The van der Waals surface area contributed by atoms with Crippen LogP contribution in [0.1, 0.15) is 30.0 Å². The normalized spacial score (nSPS) is 25.9. The topological polar surface area (TPSA) is 59.8 Å². The number of fused-ring (bicyclic) bond motifs is 1. The number of likely N-dealkylation sites (tertiary alicyclic amines) is 1. The summed E-state index contributed by atoms with van der Waals surface area (Å²) in [7, 11) is 5.25. The number of nitrogens with zero attached hydrogens (tertiary/aromatic N) is 4. The number of carbonyl (C=O) groups is 1. The molecule has 1 aromatic carbocycles. The zero-order chi connectivity index (χ0) is 22.0. The van der Waals surface area contributed by atoms with Crippen molar-refractivity contribution < 1.29 is 14.3 Å². The average molecular weight is 427 g/mol. The van der Waals surface area contributed by atoms with Crippen LogP contribution in [0.4, 0.5) is 0 Å². The van der Waals surface area contributed by atoms with Gasteiger partial charge in [0.2, 0.25) is 5.91 Å². The van der Waals surface area contributed by atoms with Gasteiger partial charge in [0.25, 0.3) is 0 Å². The van der Waals surface area contributed by atoms with Gasteiger partial charge in [-0.05, 0) is 54.9 Å². The molecular formula is C24H34N4O3. The van der Waals surface area contributed by atoms with E-state index in [0.29, 0.717) is 11.8 Å². The van der Waals surface area contributed by atoms with E-state index in [2.05, 4.69) is 46.0 Å². The Morgan fingerprint density at radius 1 is 1.23 bits per heavy atom. The lowest BCUT2D eigenvalue weighted by Gasteiger charge is -2.38. The van der Waals surface area contributed by atoms with Crippen LogP contribution in [-0.2, 0) is 16.1 Å².